The Balaban J connectivity index is 1.65. The standard InChI is InChI=1S/C16H12ClN5O2S2/c1-8-13(22-6-2-3-9(17)14(22)18-8)10-7-25-16(19-10)20-12-5-4-11(26-12)15(23)21-24/h2-7,24H,1H3,(H,19,20)(H,21,23). The van der Waals surface area contributed by atoms with Crippen molar-refractivity contribution in [2.75, 3.05) is 5.32 Å². The van der Waals surface area contributed by atoms with Crippen molar-refractivity contribution in [3.05, 3.63) is 51.4 Å². The maximum Gasteiger partial charge on any atom is 0.284 e. The molecule has 0 atom stereocenters. The van der Waals surface area contributed by atoms with Crippen molar-refractivity contribution in [1.29, 1.82) is 0 Å². The van der Waals surface area contributed by atoms with Crippen LogP contribution in [0.25, 0.3) is 17.0 Å². The van der Waals surface area contributed by atoms with Crippen LogP contribution in [0.1, 0.15) is 15.4 Å². The Labute approximate surface area is 160 Å². The van der Waals surface area contributed by atoms with E-state index in [0.29, 0.717) is 20.7 Å². The van der Waals surface area contributed by atoms with Crippen LogP contribution in [0.4, 0.5) is 10.1 Å². The van der Waals surface area contributed by atoms with Gasteiger partial charge in [0.2, 0.25) is 0 Å². The lowest BCUT2D eigenvalue weighted by atomic mass is 10.3. The Morgan fingerprint density at radius 1 is 1.31 bits per heavy atom. The van der Waals surface area contributed by atoms with Gasteiger partial charge in [0.15, 0.2) is 10.8 Å². The van der Waals surface area contributed by atoms with E-state index in [1.165, 1.54) is 22.7 Å². The van der Waals surface area contributed by atoms with Gasteiger partial charge in [-0.1, -0.05) is 11.6 Å². The molecule has 0 unspecified atom stereocenters. The molecule has 1 amide bonds. The summed E-state index contributed by atoms with van der Waals surface area (Å²) in [4.78, 5) is 21.0. The number of imidazole rings is 1. The number of fused-ring (bicyclic) bond motifs is 1. The zero-order valence-electron chi connectivity index (χ0n) is 13.4. The van der Waals surface area contributed by atoms with Gasteiger partial charge in [-0.25, -0.2) is 15.4 Å². The topological polar surface area (TPSA) is 91.5 Å². The number of hydrogen-bond donors (Lipinski definition) is 3. The zero-order valence-corrected chi connectivity index (χ0v) is 15.7. The second-order valence-electron chi connectivity index (χ2n) is 5.36. The smallest absolute Gasteiger partial charge is 0.284 e. The number of carbonyl (C=O) groups excluding carboxylic acids is 1. The number of hydrogen-bond acceptors (Lipinski definition) is 7. The first-order valence-corrected chi connectivity index (χ1v) is 9.54. The molecule has 132 valence electrons. The summed E-state index contributed by atoms with van der Waals surface area (Å²) < 4.78 is 1.92. The van der Waals surface area contributed by atoms with E-state index in [9.17, 15) is 4.79 Å². The zero-order chi connectivity index (χ0) is 18.3. The average molecular weight is 406 g/mol. The fourth-order valence-corrected chi connectivity index (χ4v) is 4.36. The van der Waals surface area contributed by atoms with Gasteiger partial charge < -0.3 is 5.32 Å². The molecule has 26 heavy (non-hydrogen) atoms. The van der Waals surface area contributed by atoms with Crippen LogP contribution in [-0.2, 0) is 0 Å². The van der Waals surface area contributed by atoms with E-state index in [1.54, 1.807) is 23.7 Å². The minimum atomic E-state index is -0.541. The van der Waals surface area contributed by atoms with Crippen LogP contribution in [0, 0.1) is 6.92 Å². The van der Waals surface area contributed by atoms with E-state index < -0.39 is 5.91 Å². The van der Waals surface area contributed by atoms with Crippen molar-refractivity contribution in [3.8, 4) is 11.4 Å². The highest BCUT2D eigenvalue weighted by Gasteiger charge is 2.16. The number of aromatic nitrogens is 3. The molecule has 10 heteroatoms. The number of amides is 1. The van der Waals surface area contributed by atoms with Crippen LogP contribution < -0.4 is 10.8 Å². The predicted molar refractivity (Wildman–Crippen MR) is 103 cm³/mol. The van der Waals surface area contributed by atoms with Gasteiger partial charge in [-0.2, -0.15) is 0 Å². The van der Waals surface area contributed by atoms with Gasteiger partial charge in [0.25, 0.3) is 5.91 Å². The van der Waals surface area contributed by atoms with Crippen molar-refractivity contribution >= 4 is 56.0 Å². The van der Waals surface area contributed by atoms with E-state index in [0.717, 1.165) is 22.1 Å². The Hall–Kier alpha value is -2.46. The van der Waals surface area contributed by atoms with E-state index in [4.69, 9.17) is 16.8 Å². The highest BCUT2D eigenvalue weighted by Crippen LogP contribution is 2.32. The number of nitrogens with one attached hydrogen (secondary N) is 2. The fourth-order valence-electron chi connectivity index (χ4n) is 2.58. The van der Waals surface area contributed by atoms with E-state index in [2.05, 4.69) is 15.3 Å². The molecule has 0 aliphatic carbocycles. The Bertz CT molecular complexity index is 1120. The quantitative estimate of drug-likeness (QED) is 0.347. The number of hydroxylamine groups is 1. The van der Waals surface area contributed by atoms with Gasteiger partial charge in [-0.3, -0.25) is 14.4 Å². The van der Waals surface area contributed by atoms with Gasteiger partial charge in [0, 0.05) is 11.6 Å². The van der Waals surface area contributed by atoms with Gasteiger partial charge in [0.05, 0.1) is 26.3 Å². The van der Waals surface area contributed by atoms with Crippen LogP contribution in [0.2, 0.25) is 5.02 Å². The Morgan fingerprint density at radius 3 is 2.96 bits per heavy atom. The summed E-state index contributed by atoms with van der Waals surface area (Å²) in [5, 5.41) is 15.8. The first kappa shape index (κ1) is 17.0. The second kappa shape index (κ2) is 6.69. The summed E-state index contributed by atoms with van der Waals surface area (Å²) in [6.07, 6.45) is 1.90. The molecule has 7 nitrogen and oxygen atoms in total. The van der Waals surface area contributed by atoms with Crippen molar-refractivity contribution in [1.82, 2.24) is 19.8 Å². The van der Waals surface area contributed by atoms with Crippen LogP contribution in [0.5, 0.6) is 0 Å². The second-order valence-corrected chi connectivity index (χ2v) is 7.71. The highest BCUT2D eigenvalue weighted by atomic mass is 35.5. The average Bonchev–Trinajstić information content (AvgIpc) is 3.34. The maximum absolute atomic E-state index is 11.4. The first-order valence-electron chi connectivity index (χ1n) is 7.47. The number of halogens is 1. The summed E-state index contributed by atoms with van der Waals surface area (Å²) in [6.45, 7) is 1.92. The molecule has 4 rings (SSSR count). The normalized spacial score (nSPS) is 11.0. The molecule has 4 heterocycles. The predicted octanol–water partition coefficient (Wildman–Crippen LogP) is 4.34. The molecular formula is C16H12ClN5O2S2. The van der Waals surface area contributed by atoms with Crippen molar-refractivity contribution in [3.63, 3.8) is 0 Å². The number of aryl methyl sites for hydroxylation is 1. The molecular weight excluding hydrogens is 394 g/mol. The Kier molecular flexibility index (Phi) is 4.37. The third-order valence-corrected chi connectivity index (χ3v) is 5.74. The maximum atomic E-state index is 11.4. The number of rotatable bonds is 4. The summed E-state index contributed by atoms with van der Waals surface area (Å²) >= 11 is 8.89. The van der Waals surface area contributed by atoms with Crippen LogP contribution in [0.3, 0.4) is 0 Å². The lowest BCUT2D eigenvalue weighted by Crippen LogP contribution is -2.16. The number of carbonyl (C=O) groups is 1. The first-order chi connectivity index (χ1) is 12.6. The fraction of sp³-hybridized carbons (Fsp3) is 0.0625. The molecule has 0 bridgehead atoms. The number of pyridine rings is 1. The summed E-state index contributed by atoms with van der Waals surface area (Å²) in [6, 6.07) is 7.06. The van der Waals surface area contributed by atoms with Gasteiger partial charge in [-0.15, -0.1) is 22.7 Å². The molecule has 0 fully saturated rings. The highest BCUT2D eigenvalue weighted by molar-refractivity contribution is 7.18. The lowest BCUT2D eigenvalue weighted by Gasteiger charge is -2.00. The molecule has 0 saturated carbocycles. The SMILES string of the molecule is Cc1nc2c(Cl)cccn2c1-c1csc(Nc2ccc(C(=O)NO)s2)n1. The number of anilines is 2. The van der Waals surface area contributed by atoms with Gasteiger partial charge in [0.1, 0.15) is 5.69 Å². The molecule has 3 N–H and O–H groups in total. The summed E-state index contributed by atoms with van der Waals surface area (Å²) in [7, 11) is 0. The van der Waals surface area contributed by atoms with Crippen LogP contribution in [-0.4, -0.2) is 25.5 Å². The molecule has 0 aromatic carbocycles. The molecule has 0 saturated heterocycles. The number of thiazole rings is 1. The molecule has 4 aromatic heterocycles. The minimum Gasteiger partial charge on any atom is -0.323 e. The van der Waals surface area contributed by atoms with E-state index in [1.807, 2.05) is 29.0 Å². The van der Waals surface area contributed by atoms with Crippen molar-refractivity contribution in [2.24, 2.45) is 0 Å². The Morgan fingerprint density at radius 2 is 2.15 bits per heavy atom. The number of thiophene rings is 1. The van der Waals surface area contributed by atoms with Gasteiger partial charge >= 0.3 is 0 Å². The van der Waals surface area contributed by atoms with Crippen LogP contribution in [0.15, 0.2) is 35.8 Å². The van der Waals surface area contributed by atoms with Gasteiger partial charge in [-0.05, 0) is 31.2 Å². The molecule has 4 aromatic rings. The van der Waals surface area contributed by atoms with E-state index in [-0.39, 0.29) is 0 Å². The largest absolute Gasteiger partial charge is 0.323 e. The summed E-state index contributed by atoms with van der Waals surface area (Å²) in [5.41, 5.74) is 4.83. The third-order valence-electron chi connectivity index (χ3n) is 3.68. The third kappa shape index (κ3) is 2.95. The number of nitrogens with zero attached hydrogens (tertiary/aromatic N) is 3. The van der Waals surface area contributed by atoms with Crippen molar-refractivity contribution < 1.29 is 10.0 Å². The monoisotopic (exact) mass is 405 g/mol. The minimum absolute atomic E-state index is 0.402. The van der Waals surface area contributed by atoms with Crippen molar-refractivity contribution in [2.45, 2.75) is 6.92 Å². The van der Waals surface area contributed by atoms with E-state index >= 15 is 0 Å². The lowest BCUT2D eigenvalue weighted by molar-refractivity contribution is 0.0711. The summed E-state index contributed by atoms with van der Waals surface area (Å²) in [5.74, 6) is -0.541. The van der Waals surface area contributed by atoms with Crippen LogP contribution >= 0.6 is 34.3 Å². The molecule has 0 aliphatic heterocycles. The molecule has 0 radical (unpaired) electrons. The molecule has 0 aliphatic rings. The molecule has 0 spiro atoms.